The fourth-order valence-corrected chi connectivity index (χ4v) is 3.62. The van der Waals surface area contributed by atoms with E-state index in [4.69, 9.17) is 14.3 Å². The number of ether oxygens (including phenoxy) is 2. The molecule has 3 aromatic carbocycles. The fourth-order valence-electron chi connectivity index (χ4n) is 3.62. The number of rotatable bonds is 10. The number of fused-ring (bicyclic) bond motifs is 1. The topological polar surface area (TPSA) is 92.0 Å². The van der Waals surface area contributed by atoms with Crippen molar-refractivity contribution in [1.82, 2.24) is 9.55 Å². The molecule has 0 aliphatic carbocycles. The summed E-state index contributed by atoms with van der Waals surface area (Å²) in [6.07, 6.45) is 0. The molecule has 0 amide bonds. The second-order valence-corrected chi connectivity index (χ2v) is 8.09. The van der Waals surface area contributed by atoms with E-state index in [9.17, 15) is 9.59 Å². The molecule has 0 saturated heterocycles. The number of para-hydroxylation sites is 2. The average molecular weight is 486 g/mol. The maximum absolute atomic E-state index is 13.2. The molecular formula is C28H27N3O5. The molecule has 184 valence electrons. The van der Waals surface area contributed by atoms with E-state index in [0.717, 1.165) is 11.1 Å². The first-order valence-corrected chi connectivity index (χ1v) is 11.6. The molecule has 0 unspecified atom stereocenters. The summed E-state index contributed by atoms with van der Waals surface area (Å²) in [5.41, 5.74) is 2.88. The molecule has 8 nitrogen and oxygen atoms in total. The zero-order chi connectivity index (χ0) is 25.3. The van der Waals surface area contributed by atoms with E-state index < -0.39 is 5.97 Å². The summed E-state index contributed by atoms with van der Waals surface area (Å²) in [5, 5.41) is 4.44. The van der Waals surface area contributed by atoms with Gasteiger partial charge in [-0.15, -0.1) is 0 Å². The van der Waals surface area contributed by atoms with Gasteiger partial charge in [0, 0.05) is 0 Å². The fraction of sp³-hybridized carbons (Fsp3) is 0.214. The van der Waals surface area contributed by atoms with Gasteiger partial charge in [-0.05, 0) is 43.2 Å². The van der Waals surface area contributed by atoms with Gasteiger partial charge in [0.1, 0.15) is 24.8 Å². The summed E-state index contributed by atoms with van der Waals surface area (Å²) in [6, 6.07) is 24.2. The molecule has 0 aliphatic rings. The van der Waals surface area contributed by atoms with Crippen LogP contribution in [0.1, 0.15) is 23.9 Å². The average Bonchev–Trinajstić information content (AvgIpc) is 2.90. The van der Waals surface area contributed by atoms with Crippen LogP contribution < -0.4 is 10.3 Å². The van der Waals surface area contributed by atoms with Gasteiger partial charge in [0.05, 0.1) is 23.2 Å². The second kappa shape index (κ2) is 11.8. The number of oxime groups is 1. The number of hydrogen-bond acceptors (Lipinski definition) is 7. The van der Waals surface area contributed by atoms with Gasteiger partial charge in [0.15, 0.2) is 0 Å². The minimum absolute atomic E-state index is 0.0269. The summed E-state index contributed by atoms with van der Waals surface area (Å²) in [7, 11) is 0. The van der Waals surface area contributed by atoms with E-state index >= 15 is 0 Å². The Balaban J connectivity index is 1.40. The molecule has 0 atom stereocenters. The van der Waals surface area contributed by atoms with Crippen molar-refractivity contribution in [2.24, 2.45) is 5.16 Å². The smallest absolute Gasteiger partial charge is 0.347 e. The van der Waals surface area contributed by atoms with E-state index in [2.05, 4.69) is 10.1 Å². The number of carbonyl (C=O) groups is 1. The largest absolute Gasteiger partial charge is 0.485 e. The summed E-state index contributed by atoms with van der Waals surface area (Å²) >= 11 is 0. The van der Waals surface area contributed by atoms with Crippen molar-refractivity contribution in [3.05, 3.63) is 106 Å². The van der Waals surface area contributed by atoms with Gasteiger partial charge in [-0.1, -0.05) is 65.8 Å². The highest BCUT2D eigenvalue weighted by Gasteiger charge is 2.13. The number of benzene rings is 3. The van der Waals surface area contributed by atoms with E-state index in [-0.39, 0.29) is 31.9 Å². The molecule has 36 heavy (non-hydrogen) atoms. The van der Waals surface area contributed by atoms with Crippen molar-refractivity contribution in [2.75, 3.05) is 13.2 Å². The Morgan fingerprint density at radius 3 is 2.50 bits per heavy atom. The highest BCUT2D eigenvalue weighted by atomic mass is 16.7. The van der Waals surface area contributed by atoms with Crippen molar-refractivity contribution < 1.29 is 19.1 Å². The number of nitrogens with zero attached hydrogens (tertiary/aromatic N) is 3. The standard InChI is InChI=1S/C28H27N3O5/c1-20-10-6-9-15-25(20)35-18-26-29-24-14-8-7-13-23(24)28(33)31(26)16-17-34-27(32)19-36-30-21(2)22-11-4-3-5-12-22/h3-15H,16-19H2,1-2H3. The molecule has 4 aromatic rings. The van der Waals surface area contributed by atoms with Crippen LogP contribution in [-0.2, 0) is 27.5 Å². The lowest BCUT2D eigenvalue weighted by Gasteiger charge is -2.15. The van der Waals surface area contributed by atoms with Gasteiger partial charge in [0.25, 0.3) is 5.56 Å². The Morgan fingerprint density at radius 2 is 1.69 bits per heavy atom. The van der Waals surface area contributed by atoms with Crippen LogP contribution in [0.25, 0.3) is 10.9 Å². The van der Waals surface area contributed by atoms with Gasteiger partial charge in [-0.25, -0.2) is 9.78 Å². The highest BCUT2D eigenvalue weighted by Crippen LogP contribution is 2.18. The molecule has 0 spiro atoms. The first-order valence-electron chi connectivity index (χ1n) is 11.6. The van der Waals surface area contributed by atoms with Crippen molar-refractivity contribution in [3.63, 3.8) is 0 Å². The number of esters is 1. The Morgan fingerprint density at radius 1 is 0.972 bits per heavy atom. The number of hydrogen-bond donors (Lipinski definition) is 0. The van der Waals surface area contributed by atoms with Crippen LogP contribution in [0, 0.1) is 6.92 Å². The summed E-state index contributed by atoms with van der Waals surface area (Å²) in [6.45, 7) is 3.60. The third-order valence-electron chi connectivity index (χ3n) is 5.54. The first kappa shape index (κ1) is 24.7. The summed E-state index contributed by atoms with van der Waals surface area (Å²) < 4.78 is 12.7. The maximum Gasteiger partial charge on any atom is 0.347 e. The first-order chi connectivity index (χ1) is 17.5. The Kier molecular flexibility index (Phi) is 8.08. The Labute approximate surface area is 208 Å². The molecule has 0 saturated carbocycles. The zero-order valence-corrected chi connectivity index (χ0v) is 20.2. The molecule has 0 bridgehead atoms. The quantitative estimate of drug-likeness (QED) is 0.189. The number of carbonyl (C=O) groups excluding carboxylic acids is 1. The lowest BCUT2D eigenvalue weighted by molar-refractivity contribution is -0.149. The third-order valence-corrected chi connectivity index (χ3v) is 5.54. The van der Waals surface area contributed by atoms with Crippen LogP contribution in [-0.4, -0.2) is 34.4 Å². The number of aromatic nitrogens is 2. The molecule has 1 heterocycles. The molecule has 0 radical (unpaired) electrons. The van der Waals surface area contributed by atoms with E-state index in [1.165, 1.54) is 4.57 Å². The second-order valence-electron chi connectivity index (χ2n) is 8.09. The Bertz CT molecular complexity index is 1430. The minimum atomic E-state index is -0.584. The molecular weight excluding hydrogens is 458 g/mol. The van der Waals surface area contributed by atoms with Gasteiger partial charge in [0.2, 0.25) is 6.61 Å². The van der Waals surface area contributed by atoms with Crippen LogP contribution in [0.5, 0.6) is 5.75 Å². The van der Waals surface area contributed by atoms with Gasteiger partial charge in [-0.3, -0.25) is 9.36 Å². The molecule has 4 rings (SSSR count). The Hall–Kier alpha value is -4.46. The zero-order valence-electron chi connectivity index (χ0n) is 20.2. The monoisotopic (exact) mass is 485 g/mol. The predicted molar refractivity (Wildman–Crippen MR) is 137 cm³/mol. The van der Waals surface area contributed by atoms with Crippen molar-refractivity contribution in [3.8, 4) is 5.75 Å². The molecule has 0 fully saturated rings. The van der Waals surface area contributed by atoms with E-state index in [1.54, 1.807) is 25.1 Å². The van der Waals surface area contributed by atoms with Crippen LogP contribution in [0.15, 0.2) is 88.8 Å². The van der Waals surface area contributed by atoms with Gasteiger partial charge >= 0.3 is 5.97 Å². The predicted octanol–water partition coefficient (Wildman–Crippen LogP) is 4.27. The molecule has 8 heteroatoms. The lowest BCUT2D eigenvalue weighted by atomic mass is 10.1. The van der Waals surface area contributed by atoms with Crippen LogP contribution in [0.2, 0.25) is 0 Å². The van der Waals surface area contributed by atoms with Crippen LogP contribution >= 0.6 is 0 Å². The minimum Gasteiger partial charge on any atom is -0.485 e. The van der Waals surface area contributed by atoms with Crippen LogP contribution in [0.3, 0.4) is 0 Å². The summed E-state index contributed by atoms with van der Waals surface area (Å²) in [4.78, 5) is 35.1. The third kappa shape index (κ3) is 6.15. The van der Waals surface area contributed by atoms with Crippen molar-refractivity contribution >= 4 is 22.6 Å². The summed E-state index contributed by atoms with van der Waals surface area (Å²) in [5.74, 6) is 0.567. The van der Waals surface area contributed by atoms with Crippen molar-refractivity contribution in [1.29, 1.82) is 0 Å². The van der Waals surface area contributed by atoms with Gasteiger partial charge < -0.3 is 14.3 Å². The SMILES string of the molecule is CC(=NOCC(=O)OCCn1c(COc2ccccc2C)nc2ccccc2c1=O)c1ccccc1. The van der Waals surface area contributed by atoms with E-state index in [1.807, 2.05) is 67.6 Å². The molecule has 0 N–H and O–H groups in total. The lowest BCUT2D eigenvalue weighted by Crippen LogP contribution is -2.29. The number of aryl methyl sites for hydroxylation is 1. The normalized spacial score (nSPS) is 11.3. The molecule has 0 aliphatic heterocycles. The van der Waals surface area contributed by atoms with Crippen LogP contribution in [0.4, 0.5) is 0 Å². The highest BCUT2D eigenvalue weighted by molar-refractivity contribution is 5.98. The van der Waals surface area contributed by atoms with Gasteiger partial charge in [-0.2, -0.15) is 0 Å². The maximum atomic E-state index is 13.2. The van der Waals surface area contributed by atoms with E-state index in [0.29, 0.717) is 28.2 Å². The van der Waals surface area contributed by atoms with Crippen molar-refractivity contribution in [2.45, 2.75) is 27.0 Å². The molecule has 1 aromatic heterocycles.